The van der Waals surface area contributed by atoms with E-state index in [1.165, 1.54) is 0 Å². The van der Waals surface area contributed by atoms with E-state index in [1.54, 1.807) is 0 Å². The molecule has 9 heteroatoms. The van der Waals surface area contributed by atoms with Crippen molar-refractivity contribution in [3.05, 3.63) is 29.2 Å². The van der Waals surface area contributed by atoms with Crippen molar-refractivity contribution in [2.45, 2.75) is 65.3 Å². The Morgan fingerprint density at radius 3 is 2.41 bits per heavy atom. The van der Waals surface area contributed by atoms with Crippen molar-refractivity contribution < 1.29 is 18.8 Å². The zero-order valence-corrected chi connectivity index (χ0v) is 18.1. The summed E-state index contributed by atoms with van der Waals surface area (Å²) in [6, 6.07) is 5.73. The van der Waals surface area contributed by atoms with Gasteiger partial charge < -0.3 is 19.4 Å². The molecule has 2 aromatic rings. The lowest BCUT2D eigenvalue weighted by atomic mass is 9.77. The van der Waals surface area contributed by atoms with Crippen LogP contribution in [0.5, 0.6) is 0 Å². The second kappa shape index (κ2) is 7.46. The molecule has 1 saturated heterocycles. The maximum absolute atomic E-state index is 12.2. The van der Waals surface area contributed by atoms with E-state index < -0.39 is 30.0 Å². The van der Waals surface area contributed by atoms with Crippen LogP contribution in [0.1, 0.15) is 54.0 Å². The van der Waals surface area contributed by atoms with E-state index in [0.717, 1.165) is 22.1 Å². The summed E-state index contributed by atoms with van der Waals surface area (Å²) < 4.78 is 17.7. The first-order valence-corrected chi connectivity index (χ1v) is 9.70. The Morgan fingerprint density at radius 1 is 1.17 bits per heavy atom. The number of rotatable bonds is 4. The minimum atomic E-state index is -0.594. The van der Waals surface area contributed by atoms with Gasteiger partial charge in [0.05, 0.1) is 11.2 Å². The molecule has 0 atom stereocenters. The summed E-state index contributed by atoms with van der Waals surface area (Å²) in [4.78, 5) is 12.2. The number of H-pyrrole nitrogens is 1. The zero-order chi connectivity index (χ0) is 21.4. The third-order valence-electron chi connectivity index (χ3n) is 5.08. The van der Waals surface area contributed by atoms with Crippen LogP contribution in [0.15, 0.2) is 23.7 Å². The zero-order valence-electron chi connectivity index (χ0n) is 18.1. The molecule has 1 aromatic carbocycles. The number of amides is 1. The molecule has 0 radical (unpaired) electrons. The summed E-state index contributed by atoms with van der Waals surface area (Å²) in [6.07, 6.45) is 1.44. The molecule has 0 aliphatic carbocycles. The van der Waals surface area contributed by atoms with Crippen LogP contribution >= 0.6 is 0 Å². The molecule has 0 spiro atoms. The molecule has 0 bridgehead atoms. The number of carbonyl (C=O) groups is 1. The van der Waals surface area contributed by atoms with E-state index in [9.17, 15) is 4.79 Å². The minimum Gasteiger partial charge on any atom is -0.444 e. The molecule has 1 aliphatic heterocycles. The lowest BCUT2D eigenvalue weighted by molar-refractivity contribution is 0.00578. The van der Waals surface area contributed by atoms with Crippen LogP contribution in [0, 0.1) is 0 Å². The highest BCUT2D eigenvalue weighted by molar-refractivity contribution is 6.56. The number of nitrogens with zero attached hydrogens (tertiary/aromatic N) is 2. The number of alkyl carbamates (subject to hydrolysis) is 1. The van der Waals surface area contributed by atoms with Gasteiger partial charge in [0, 0.05) is 6.54 Å². The Labute approximate surface area is 171 Å². The molecule has 1 aliphatic rings. The van der Waals surface area contributed by atoms with E-state index in [1.807, 2.05) is 72.7 Å². The van der Waals surface area contributed by atoms with Crippen molar-refractivity contribution in [1.82, 2.24) is 20.7 Å². The number of aromatic nitrogens is 3. The number of fused-ring (bicyclic) bond motifs is 1. The van der Waals surface area contributed by atoms with Gasteiger partial charge in [0.1, 0.15) is 16.6 Å². The number of ether oxygens (including phenoxy) is 1. The standard InChI is InChI=1S/C20H29BN4O4/c1-18(2,3)27-17(26)22-12-14(21-28-19(4,5)20(6,7)29-21)10-13-8-9-15-16(11-13)24-25-23-15/h8-11H,12H2,1-7H3,(H,22,26)(H,23,24,25). The molecule has 1 aromatic heterocycles. The highest BCUT2D eigenvalue weighted by Crippen LogP contribution is 2.38. The number of hydrogen-bond donors (Lipinski definition) is 2. The van der Waals surface area contributed by atoms with Crippen LogP contribution in [-0.2, 0) is 14.0 Å². The highest BCUT2D eigenvalue weighted by atomic mass is 16.7. The fraction of sp³-hybridized carbons (Fsp3) is 0.550. The summed E-state index contributed by atoms with van der Waals surface area (Å²) in [5, 5.41) is 13.6. The smallest absolute Gasteiger partial charge is 0.444 e. The number of carbonyl (C=O) groups excluding carboxylic acids is 1. The molecule has 8 nitrogen and oxygen atoms in total. The molecule has 0 unspecified atom stereocenters. The Kier molecular flexibility index (Phi) is 5.49. The fourth-order valence-electron chi connectivity index (χ4n) is 2.85. The van der Waals surface area contributed by atoms with Gasteiger partial charge in [-0.05, 0) is 71.6 Å². The quantitative estimate of drug-likeness (QED) is 0.763. The van der Waals surface area contributed by atoms with Crippen molar-refractivity contribution in [3.63, 3.8) is 0 Å². The van der Waals surface area contributed by atoms with Crippen molar-refractivity contribution in [2.75, 3.05) is 6.54 Å². The Balaban J connectivity index is 1.86. The lowest BCUT2D eigenvalue weighted by Crippen LogP contribution is -2.41. The Bertz CT molecular complexity index is 914. The predicted octanol–water partition coefficient (Wildman–Crippen LogP) is 3.50. The summed E-state index contributed by atoms with van der Waals surface area (Å²) in [7, 11) is -0.594. The third kappa shape index (κ3) is 4.97. The first-order chi connectivity index (χ1) is 13.4. The average molecular weight is 400 g/mol. The molecular weight excluding hydrogens is 371 g/mol. The van der Waals surface area contributed by atoms with Crippen molar-refractivity contribution in [1.29, 1.82) is 0 Å². The van der Waals surface area contributed by atoms with Gasteiger partial charge in [-0.15, -0.1) is 0 Å². The normalized spacial score (nSPS) is 18.9. The maximum atomic E-state index is 12.2. The molecule has 1 amide bonds. The Morgan fingerprint density at radius 2 is 1.79 bits per heavy atom. The lowest BCUT2D eigenvalue weighted by Gasteiger charge is -2.32. The van der Waals surface area contributed by atoms with Crippen LogP contribution in [-0.4, -0.2) is 52.0 Å². The largest absolute Gasteiger partial charge is 0.492 e. The van der Waals surface area contributed by atoms with Crippen molar-refractivity contribution in [3.8, 4) is 0 Å². The van der Waals surface area contributed by atoms with Gasteiger partial charge >= 0.3 is 13.2 Å². The van der Waals surface area contributed by atoms with Crippen LogP contribution < -0.4 is 5.32 Å². The number of aromatic amines is 1. The van der Waals surface area contributed by atoms with Gasteiger partial charge in [0.2, 0.25) is 0 Å². The molecule has 2 heterocycles. The van der Waals surface area contributed by atoms with Crippen LogP contribution in [0.2, 0.25) is 0 Å². The number of nitrogens with one attached hydrogen (secondary N) is 2. The van der Waals surface area contributed by atoms with Crippen LogP contribution in [0.4, 0.5) is 4.79 Å². The number of hydrogen-bond acceptors (Lipinski definition) is 6. The van der Waals surface area contributed by atoms with Gasteiger partial charge in [-0.3, -0.25) is 0 Å². The van der Waals surface area contributed by atoms with E-state index in [-0.39, 0.29) is 6.54 Å². The SMILES string of the molecule is CC(C)(C)OC(=O)NCC(=Cc1ccc2n[nH]nc2c1)B1OC(C)(C)C(C)(C)O1. The Hall–Kier alpha value is -2.39. The molecule has 2 N–H and O–H groups in total. The fourth-order valence-corrected chi connectivity index (χ4v) is 2.85. The summed E-state index contributed by atoms with van der Waals surface area (Å²) >= 11 is 0. The topological polar surface area (TPSA) is 98.4 Å². The maximum Gasteiger partial charge on any atom is 0.492 e. The minimum absolute atomic E-state index is 0.225. The van der Waals surface area contributed by atoms with Gasteiger partial charge in [-0.1, -0.05) is 12.1 Å². The van der Waals surface area contributed by atoms with Gasteiger partial charge in [0.25, 0.3) is 0 Å². The van der Waals surface area contributed by atoms with Gasteiger partial charge in [-0.2, -0.15) is 15.4 Å². The van der Waals surface area contributed by atoms with E-state index in [0.29, 0.717) is 0 Å². The van der Waals surface area contributed by atoms with E-state index in [4.69, 9.17) is 14.0 Å². The second-order valence-electron chi connectivity index (χ2n) is 9.23. The van der Waals surface area contributed by atoms with E-state index >= 15 is 0 Å². The molecule has 1 fully saturated rings. The molecular formula is C20H29BN4O4. The number of benzene rings is 1. The average Bonchev–Trinajstić information content (AvgIpc) is 3.11. The molecule has 156 valence electrons. The summed E-state index contributed by atoms with van der Waals surface area (Å²) in [5.41, 5.74) is 1.67. The van der Waals surface area contributed by atoms with Gasteiger partial charge in [-0.25, -0.2) is 4.79 Å². The molecule has 29 heavy (non-hydrogen) atoms. The second-order valence-corrected chi connectivity index (χ2v) is 9.23. The molecule has 0 saturated carbocycles. The van der Waals surface area contributed by atoms with Crippen LogP contribution in [0.25, 0.3) is 17.1 Å². The third-order valence-corrected chi connectivity index (χ3v) is 5.08. The highest BCUT2D eigenvalue weighted by Gasteiger charge is 2.52. The monoisotopic (exact) mass is 400 g/mol. The summed E-state index contributed by atoms with van der Waals surface area (Å²) in [5.74, 6) is 0. The summed E-state index contributed by atoms with van der Waals surface area (Å²) in [6.45, 7) is 13.7. The van der Waals surface area contributed by atoms with Crippen molar-refractivity contribution >= 4 is 30.3 Å². The molecule has 3 rings (SSSR count). The van der Waals surface area contributed by atoms with E-state index in [2.05, 4.69) is 20.7 Å². The first kappa shape index (κ1) is 21.3. The predicted molar refractivity (Wildman–Crippen MR) is 112 cm³/mol. The van der Waals surface area contributed by atoms with Gasteiger partial charge in [0.15, 0.2) is 0 Å². The van der Waals surface area contributed by atoms with Crippen molar-refractivity contribution in [2.24, 2.45) is 0 Å². The first-order valence-electron chi connectivity index (χ1n) is 9.70. The van der Waals surface area contributed by atoms with Crippen LogP contribution in [0.3, 0.4) is 0 Å².